The number of aryl methyl sites for hydroxylation is 2. The van der Waals surface area contributed by atoms with Crippen molar-refractivity contribution in [2.24, 2.45) is 4.99 Å². The normalized spacial score (nSPS) is 17.0. The topological polar surface area (TPSA) is 41.9 Å². The Morgan fingerprint density at radius 2 is 1.92 bits per heavy atom. The Bertz CT molecular complexity index is 783. The van der Waals surface area contributed by atoms with E-state index >= 15 is 0 Å². The van der Waals surface area contributed by atoms with Crippen molar-refractivity contribution in [3.8, 4) is 5.75 Å². The molecule has 4 heteroatoms. The molecular formula is C20H22N2O2. The summed E-state index contributed by atoms with van der Waals surface area (Å²) >= 11 is 0. The number of rotatable bonds is 4. The monoisotopic (exact) mass is 322 g/mol. The lowest BCUT2D eigenvalue weighted by atomic mass is 9.95. The van der Waals surface area contributed by atoms with Gasteiger partial charge in [-0.05, 0) is 42.5 Å². The average molecular weight is 322 g/mol. The number of nitrogens with zero attached hydrogens (tertiary/aromatic N) is 2. The first kappa shape index (κ1) is 16.2. The van der Waals surface area contributed by atoms with Crippen LogP contribution in [0.15, 0.2) is 41.4 Å². The highest BCUT2D eigenvalue weighted by atomic mass is 16.5. The van der Waals surface area contributed by atoms with Crippen LogP contribution in [0.25, 0.3) is 0 Å². The molecule has 2 aromatic carbocycles. The van der Waals surface area contributed by atoms with Crippen molar-refractivity contribution in [2.45, 2.75) is 32.9 Å². The fourth-order valence-corrected chi connectivity index (χ4v) is 3.17. The first-order valence-electron chi connectivity index (χ1n) is 8.09. The van der Waals surface area contributed by atoms with Crippen molar-refractivity contribution >= 4 is 18.3 Å². The highest BCUT2D eigenvalue weighted by Gasteiger charge is 2.23. The number of aliphatic imine (C=N–C) groups is 1. The smallest absolute Gasteiger partial charge is 0.210 e. The van der Waals surface area contributed by atoms with Gasteiger partial charge in [0.05, 0.1) is 18.8 Å². The molecule has 0 spiro atoms. The second kappa shape index (κ2) is 6.87. The van der Waals surface area contributed by atoms with E-state index in [9.17, 15) is 4.79 Å². The molecule has 1 atom stereocenters. The number of carbonyl (C=O) groups excluding carboxylic acids is 1. The van der Waals surface area contributed by atoms with Crippen LogP contribution in [-0.4, -0.2) is 30.7 Å². The molecule has 0 aliphatic carbocycles. The largest absolute Gasteiger partial charge is 0.496 e. The Hall–Kier alpha value is -2.62. The highest BCUT2D eigenvalue weighted by Crippen LogP contribution is 2.29. The summed E-state index contributed by atoms with van der Waals surface area (Å²) in [5.74, 6) is 0.828. The summed E-state index contributed by atoms with van der Waals surface area (Å²) in [5, 5.41) is 0. The van der Waals surface area contributed by atoms with Gasteiger partial charge in [-0.3, -0.25) is 9.79 Å². The van der Waals surface area contributed by atoms with E-state index < -0.39 is 0 Å². The molecule has 0 bridgehead atoms. The van der Waals surface area contributed by atoms with Crippen molar-refractivity contribution in [2.75, 3.05) is 7.11 Å². The van der Waals surface area contributed by atoms with Crippen LogP contribution >= 0.6 is 0 Å². The van der Waals surface area contributed by atoms with Crippen LogP contribution in [0.5, 0.6) is 5.75 Å². The van der Waals surface area contributed by atoms with Crippen molar-refractivity contribution in [1.82, 2.24) is 4.90 Å². The van der Waals surface area contributed by atoms with Gasteiger partial charge in [0.2, 0.25) is 6.41 Å². The van der Waals surface area contributed by atoms with Gasteiger partial charge in [-0.15, -0.1) is 0 Å². The lowest BCUT2D eigenvalue weighted by Gasteiger charge is -2.31. The minimum absolute atomic E-state index is 0.0240. The molecule has 1 heterocycles. The van der Waals surface area contributed by atoms with E-state index in [0.717, 1.165) is 35.4 Å². The summed E-state index contributed by atoms with van der Waals surface area (Å²) in [6, 6.07) is 12.2. The minimum Gasteiger partial charge on any atom is -0.496 e. The van der Waals surface area contributed by atoms with Crippen molar-refractivity contribution in [1.29, 1.82) is 0 Å². The van der Waals surface area contributed by atoms with Gasteiger partial charge >= 0.3 is 0 Å². The summed E-state index contributed by atoms with van der Waals surface area (Å²) in [6.07, 6.45) is 3.58. The van der Waals surface area contributed by atoms with E-state index in [1.54, 1.807) is 12.0 Å². The summed E-state index contributed by atoms with van der Waals surface area (Å²) in [5.41, 5.74) is 5.56. The predicted octanol–water partition coefficient (Wildman–Crippen LogP) is 3.60. The molecule has 2 aromatic rings. The van der Waals surface area contributed by atoms with E-state index in [4.69, 9.17) is 4.74 Å². The number of ether oxygens (including phenoxy) is 1. The molecule has 124 valence electrons. The maximum Gasteiger partial charge on any atom is 0.210 e. The molecule has 3 rings (SSSR count). The summed E-state index contributed by atoms with van der Waals surface area (Å²) in [4.78, 5) is 17.9. The molecule has 1 unspecified atom stereocenters. The molecule has 4 nitrogen and oxygen atoms in total. The Balaban J connectivity index is 1.87. The van der Waals surface area contributed by atoms with Gasteiger partial charge in [-0.25, -0.2) is 0 Å². The third kappa shape index (κ3) is 3.18. The van der Waals surface area contributed by atoms with Crippen LogP contribution in [0.4, 0.5) is 5.69 Å². The Kier molecular flexibility index (Phi) is 4.65. The molecule has 0 fully saturated rings. The molecular weight excluding hydrogens is 300 g/mol. The second-order valence-electron chi connectivity index (χ2n) is 6.20. The number of hydrogen-bond donors (Lipinski definition) is 0. The van der Waals surface area contributed by atoms with Crippen molar-refractivity contribution in [3.05, 3.63) is 58.7 Å². The van der Waals surface area contributed by atoms with Gasteiger partial charge in [-0.1, -0.05) is 30.3 Å². The maximum atomic E-state index is 11.4. The summed E-state index contributed by atoms with van der Waals surface area (Å²) in [6.45, 7) is 4.69. The molecule has 24 heavy (non-hydrogen) atoms. The molecule has 1 aliphatic heterocycles. The quantitative estimate of drug-likeness (QED) is 0.637. The van der Waals surface area contributed by atoms with Gasteiger partial charge in [0.1, 0.15) is 5.75 Å². The van der Waals surface area contributed by atoms with Crippen LogP contribution in [0.1, 0.15) is 22.3 Å². The fourth-order valence-electron chi connectivity index (χ4n) is 3.17. The standard InChI is InChI=1S/C20H22N2O2/c1-14-8-15(2)20(24-3)10-19(14)21-11-18-9-16-6-4-5-7-17(16)12-22(18)13-23/h4-8,10-11,13,18H,9,12H2,1-3H3. The number of carbonyl (C=O) groups is 1. The molecule has 0 aromatic heterocycles. The highest BCUT2D eigenvalue weighted by molar-refractivity contribution is 5.74. The number of benzene rings is 2. The van der Waals surface area contributed by atoms with Gasteiger partial charge in [-0.2, -0.15) is 0 Å². The van der Waals surface area contributed by atoms with Crippen LogP contribution in [-0.2, 0) is 17.8 Å². The summed E-state index contributed by atoms with van der Waals surface area (Å²) < 4.78 is 5.38. The SMILES string of the molecule is COc1cc(N=CC2Cc3ccccc3CN2C=O)c(C)cc1C. The molecule has 0 radical (unpaired) electrons. The maximum absolute atomic E-state index is 11.4. The van der Waals surface area contributed by atoms with E-state index in [1.807, 2.05) is 38.3 Å². The van der Waals surface area contributed by atoms with Crippen LogP contribution < -0.4 is 4.74 Å². The third-order valence-electron chi connectivity index (χ3n) is 4.56. The van der Waals surface area contributed by atoms with Gasteiger partial charge in [0.25, 0.3) is 0 Å². The molecule has 1 aliphatic rings. The van der Waals surface area contributed by atoms with Crippen molar-refractivity contribution in [3.63, 3.8) is 0 Å². The van der Waals surface area contributed by atoms with Crippen LogP contribution in [0, 0.1) is 13.8 Å². The van der Waals surface area contributed by atoms with E-state index in [0.29, 0.717) is 6.54 Å². The minimum atomic E-state index is -0.0240. The van der Waals surface area contributed by atoms with Crippen LogP contribution in [0.3, 0.4) is 0 Å². The number of amides is 1. The van der Waals surface area contributed by atoms with Gasteiger partial charge in [0.15, 0.2) is 0 Å². The Morgan fingerprint density at radius 3 is 2.62 bits per heavy atom. The molecule has 1 amide bonds. The third-order valence-corrected chi connectivity index (χ3v) is 4.56. The van der Waals surface area contributed by atoms with E-state index in [-0.39, 0.29) is 6.04 Å². The van der Waals surface area contributed by atoms with E-state index in [1.165, 1.54) is 11.1 Å². The summed E-state index contributed by atoms with van der Waals surface area (Å²) in [7, 11) is 1.66. The fraction of sp³-hybridized carbons (Fsp3) is 0.300. The van der Waals surface area contributed by atoms with Gasteiger partial charge < -0.3 is 9.64 Å². The van der Waals surface area contributed by atoms with E-state index in [2.05, 4.69) is 23.2 Å². The van der Waals surface area contributed by atoms with Crippen molar-refractivity contribution < 1.29 is 9.53 Å². The number of hydrogen-bond acceptors (Lipinski definition) is 3. The number of fused-ring (bicyclic) bond motifs is 1. The average Bonchev–Trinajstić information content (AvgIpc) is 2.60. The zero-order valence-corrected chi connectivity index (χ0v) is 14.3. The van der Waals surface area contributed by atoms with Gasteiger partial charge in [0, 0.05) is 18.8 Å². The first-order chi connectivity index (χ1) is 11.6. The zero-order chi connectivity index (χ0) is 17.1. The number of methoxy groups -OCH3 is 1. The van der Waals surface area contributed by atoms with Crippen LogP contribution in [0.2, 0.25) is 0 Å². The second-order valence-corrected chi connectivity index (χ2v) is 6.20. The molecule has 0 saturated carbocycles. The predicted molar refractivity (Wildman–Crippen MR) is 96.2 cm³/mol. The lowest BCUT2D eigenvalue weighted by Crippen LogP contribution is -2.40. The Morgan fingerprint density at radius 1 is 1.17 bits per heavy atom. The Labute approximate surface area is 142 Å². The zero-order valence-electron chi connectivity index (χ0n) is 14.3. The molecule has 0 N–H and O–H groups in total. The first-order valence-corrected chi connectivity index (χ1v) is 8.09. The molecule has 0 saturated heterocycles. The lowest BCUT2D eigenvalue weighted by molar-refractivity contribution is -0.119.